The second-order valence-electron chi connectivity index (χ2n) is 7.23. The summed E-state index contributed by atoms with van der Waals surface area (Å²) in [5, 5.41) is 3.45. The lowest BCUT2D eigenvalue weighted by Crippen LogP contribution is -2.43. The highest BCUT2D eigenvalue weighted by molar-refractivity contribution is 6.30. The number of primary amides is 1. The van der Waals surface area contributed by atoms with Crippen LogP contribution >= 0.6 is 11.6 Å². The molecule has 2 aromatic rings. The number of carbonyl (C=O) groups excluding carboxylic acids is 1. The predicted molar refractivity (Wildman–Crippen MR) is 112 cm³/mol. The average Bonchev–Trinajstić information content (AvgIpc) is 2.65. The second-order valence-corrected chi connectivity index (χ2v) is 7.59. The number of rotatable bonds is 6. The Morgan fingerprint density at radius 1 is 1.25 bits per heavy atom. The van der Waals surface area contributed by atoms with Gasteiger partial charge in [-0.15, -0.1) is 0 Å². The smallest absolute Gasteiger partial charge is 0.271 e. The number of hydrogen-bond acceptors (Lipinski definition) is 6. The quantitative estimate of drug-likeness (QED) is 0.772. The van der Waals surface area contributed by atoms with Crippen molar-refractivity contribution in [3.63, 3.8) is 0 Å². The van der Waals surface area contributed by atoms with Gasteiger partial charge in [-0.1, -0.05) is 30.7 Å². The van der Waals surface area contributed by atoms with Gasteiger partial charge in [0.05, 0.1) is 5.69 Å². The Balaban J connectivity index is 1.78. The van der Waals surface area contributed by atoms with Crippen molar-refractivity contribution in [1.82, 2.24) is 19.8 Å². The second kappa shape index (κ2) is 8.86. The molecule has 1 aliphatic heterocycles. The van der Waals surface area contributed by atoms with Crippen LogP contribution in [0.15, 0.2) is 18.2 Å². The molecule has 0 spiro atoms. The summed E-state index contributed by atoms with van der Waals surface area (Å²) in [4.78, 5) is 25.2. The molecule has 0 radical (unpaired) electrons. The molecule has 8 heteroatoms. The summed E-state index contributed by atoms with van der Waals surface area (Å²) in [6, 6.07) is 6.24. The van der Waals surface area contributed by atoms with E-state index in [4.69, 9.17) is 17.3 Å². The predicted octanol–water partition coefficient (Wildman–Crippen LogP) is 2.59. The molecule has 3 rings (SSSR count). The summed E-state index contributed by atoms with van der Waals surface area (Å²) in [7, 11) is 2.16. The highest BCUT2D eigenvalue weighted by Crippen LogP contribution is 2.25. The van der Waals surface area contributed by atoms with Crippen molar-refractivity contribution >= 4 is 29.0 Å². The van der Waals surface area contributed by atoms with Crippen molar-refractivity contribution in [3.8, 4) is 0 Å². The van der Waals surface area contributed by atoms with Gasteiger partial charge < -0.3 is 16.0 Å². The van der Waals surface area contributed by atoms with Crippen molar-refractivity contribution < 1.29 is 4.79 Å². The normalized spacial score (nSPS) is 15.6. The lowest BCUT2D eigenvalue weighted by molar-refractivity contribution is 0.0996. The van der Waals surface area contributed by atoms with Crippen LogP contribution in [0.25, 0.3) is 0 Å². The Morgan fingerprint density at radius 2 is 1.96 bits per heavy atom. The zero-order valence-corrected chi connectivity index (χ0v) is 17.4. The maximum atomic E-state index is 11.8. The van der Waals surface area contributed by atoms with Gasteiger partial charge in [0.1, 0.15) is 0 Å². The summed E-state index contributed by atoms with van der Waals surface area (Å²) in [6.45, 7) is 9.21. The number of nitrogens with two attached hydrogens (primary N) is 1. The zero-order chi connectivity index (χ0) is 20.3. The first-order chi connectivity index (χ1) is 13.4. The molecule has 0 bridgehead atoms. The van der Waals surface area contributed by atoms with Gasteiger partial charge >= 0.3 is 0 Å². The summed E-state index contributed by atoms with van der Waals surface area (Å²) in [6.07, 6.45) is 0.576. The third-order valence-electron chi connectivity index (χ3n) is 5.03. The summed E-state index contributed by atoms with van der Waals surface area (Å²) in [5.41, 5.74) is 9.30. The molecule has 1 amide bonds. The van der Waals surface area contributed by atoms with Gasteiger partial charge in [-0.25, -0.2) is 9.97 Å². The molecule has 150 valence electrons. The van der Waals surface area contributed by atoms with E-state index >= 15 is 0 Å². The van der Waals surface area contributed by atoms with Gasteiger partial charge in [0, 0.05) is 38.4 Å². The number of anilines is 2. The monoisotopic (exact) mass is 402 g/mol. The minimum absolute atomic E-state index is 0.0992. The molecule has 1 aromatic carbocycles. The molecule has 3 N–H and O–H groups in total. The number of carbonyl (C=O) groups is 1. The van der Waals surface area contributed by atoms with E-state index in [1.54, 1.807) is 0 Å². The van der Waals surface area contributed by atoms with Crippen molar-refractivity contribution in [2.24, 2.45) is 5.73 Å². The molecule has 1 fully saturated rings. The lowest BCUT2D eigenvalue weighted by Gasteiger charge is -2.32. The van der Waals surface area contributed by atoms with Crippen molar-refractivity contribution in [3.05, 3.63) is 45.9 Å². The van der Waals surface area contributed by atoms with E-state index < -0.39 is 5.91 Å². The minimum Gasteiger partial charge on any atom is -0.364 e. The van der Waals surface area contributed by atoms with Crippen LogP contribution in [0.2, 0.25) is 5.15 Å². The van der Waals surface area contributed by atoms with Gasteiger partial charge in [0.25, 0.3) is 5.91 Å². The van der Waals surface area contributed by atoms with Gasteiger partial charge in [-0.05, 0) is 37.6 Å². The van der Waals surface area contributed by atoms with Gasteiger partial charge in [0.2, 0.25) is 0 Å². The number of aromatic nitrogens is 2. The first kappa shape index (κ1) is 20.5. The standard InChI is InChI=1S/C20H27ClN6O/c1-4-15-18(21)25-20(17(23-15)19(22)28)24-16-6-5-14(11-13(16)2)12-27-9-7-26(3)8-10-27/h5-6,11H,4,7-10,12H2,1-3H3,(H2,22,28)(H,24,25). The van der Waals surface area contributed by atoms with Crippen LogP contribution in [-0.4, -0.2) is 58.9 Å². The Bertz CT molecular complexity index is 864. The number of halogens is 1. The first-order valence-electron chi connectivity index (χ1n) is 9.51. The Morgan fingerprint density at radius 3 is 2.57 bits per heavy atom. The maximum absolute atomic E-state index is 11.8. The molecule has 1 aliphatic rings. The van der Waals surface area contributed by atoms with Crippen LogP contribution in [-0.2, 0) is 13.0 Å². The molecule has 0 atom stereocenters. The highest BCUT2D eigenvalue weighted by atomic mass is 35.5. The molecule has 7 nitrogen and oxygen atoms in total. The van der Waals surface area contributed by atoms with Crippen LogP contribution < -0.4 is 11.1 Å². The Kier molecular flexibility index (Phi) is 6.49. The number of aryl methyl sites for hydroxylation is 2. The van der Waals surface area contributed by atoms with Crippen LogP contribution in [0, 0.1) is 6.92 Å². The van der Waals surface area contributed by atoms with Crippen molar-refractivity contribution in [1.29, 1.82) is 0 Å². The molecule has 2 heterocycles. The number of likely N-dealkylation sites (N-methyl/N-ethyl adjacent to an activating group) is 1. The molecule has 1 saturated heterocycles. The lowest BCUT2D eigenvalue weighted by atomic mass is 10.1. The van der Waals surface area contributed by atoms with Crippen LogP contribution in [0.4, 0.5) is 11.5 Å². The average molecular weight is 403 g/mol. The minimum atomic E-state index is -0.634. The van der Waals surface area contributed by atoms with E-state index in [0.717, 1.165) is 44.0 Å². The number of hydrogen-bond donors (Lipinski definition) is 2. The van der Waals surface area contributed by atoms with Gasteiger partial charge in [-0.2, -0.15) is 0 Å². The van der Waals surface area contributed by atoms with Crippen molar-refractivity contribution in [2.75, 3.05) is 38.5 Å². The van der Waals surface area contributed by atoms with E-state index in [-0.39, 0.29) is 16.7 Å². The fourth-order valence-electron chi connectivity index (χ4n) is 3.29. The largest absolute Gasteiger partial charge is 0.364 e. The summed E-state index contributed by atoms with van der Waals surface area (Å²) >= 11 is 6.18. The Hall–Kier alpha value is -2.22. The fraction of sp³-hybridized carbons (Fsp3) is 0.450. The van der Waals surface area contributed by atoms with E-state index in [1.165, 1.54) is 5.56 Å². The summed E-state index contributed by atoms with van der Waals surface area (Å²) in [5.74, 6) is -0.352. The molecule has 0 unspecified atom stereocenters. The number of benzene rings is 1. The molecular weight excluding hydrogens is 376 g/mol. The van der Waals surface area contributed by atoms with Crippen LogP contribution in [0.3, 0.4) is 0 Å². The molecule has 1 aromatic heterocycles. The summed E-state index contributed by atoms with van der Waals surface area (Å²) < 4.78 is 0. The van der Waals surface area contributed by atoms with Gasteiger partial charge in [0.15, 0.2) is 16.7 Å². The van der Waals surface area contributed by atoms with Gasteiger partial charge in [-0.3, -0.25) is 9.69 Å². The maximum Gasteiger partial charge on any atom is 0.271 e. The topological polar surface area (TPSA) is 87.4 Å². The molecule has 0 aliphatic carbocycles. The molecule has 28 heavy (non-hydrogen) atoms. The zero-order valence-electron chi connectivity index (χ0n) is 16.6. The third-order valence-corrected chi connectivity index (χ3v) is 5.34. The van der Waals surface area contributed by atoms with E-state index in [2.05, 4.69) is 44.3 Å². The first-order valence-corrected chi connectivity index (χ1v) is 9.88. The fourth-order valence-corrected chi connectivity index (χ4v) is 3.55. The highest BCUT2D eigenvalue weighted by Gasteiger charge is 2.18. The number of piperazine rings is 1. The number of nitrogens with one attached hydrogen (secondary N) is 1. The van der Waals surface area contributed by atoms with Crippen molar-refractivity contribution in [2.45, 2.75) is 26.8 Å². The third kappa shape index (κ3) is 4.79. The Labute approximate surface area is 170 Å². The molecule has 0 saturated carbocycles. The van der Waals surface area contributed by atoms with Crippen LogP contribution in [0.1, 0.15) is 34.2 Å². The number of amides is 1. The van der Waals surface area contributed by atoms with E-state index in [9.17, 15) is 4.79 Å². The SMILES string of the molecule is CCc1nc(C(N)=O)c(Nc2ccc(CN3CCN(C)CC3)cc2C)nc1Cl. The van der Waals surface area contributed by atoms with E-state index in [1.807, 2.05) is 19.9 Å². The van der Waals surface area contributed by atoms with Crippen LogP contribution in [0.5, 0.6) is 0 Å². The van der Waals surface area contributed by atoms with E-state index in [0.29, 0.717) is 12.1 Å². The molecular formula is C20H27ClN6O. The number of nitrogens with zero attached hydrogens (tertiary/aromatic N) is 4.